The molecule has 0 radical (unpaired) electrons. The van der Waals surface area contributed by atoms with E-state index in [1.54, 1.807) is 13.2 Å². The average molecular weight is 392 g/mol. The van der Waals surface area contributed by atoms with E-state index >= 15 is 0 Å². The van der Waals surface area contributed by atoms with Gasteiger partial charge in [-0.05, 0) is 28.8 Å². The van der Waals surface area contributed by atoms with Crippen molar-refractivity contribution >= 4 is 22.6 Å². The molecule has 0 unspecified atom stereocenters. The number of amides is 2. The molecule has 0 saturated carbocycles. The second-order valence-electron chi connectivity index (χ2n) is 6.62. The van der Waals surface area contributed by atoms with Gasteiger partial charge in [-0.15, -0.1) is 0 Å². The minimum Gasteiger partial charge on any atom is -0.496 e. The Morgan fingerprint density at radius 2 is 1.62 bits per heavy atom. The van der Waals surface area contributed by atoms with Gasteiger partial charge in [-0.25, -0.2) is 0 Å². The Bertz CT molecular complexity index is 998. The molecule has 0 saturated heterocycles. The van der Waals surface area contributed by atoms with Crippen LogP contribution in [0.4, 0.5) is 0 Å². The van der Waals surface area contributed by atoms with Crippen LogP contribution in [0.15, 0.2) is 66.7 Å². The smallest absolute Gasteiger partial charge is 0.309 e. The summed E-state index contributed by atoms with van der Waals surface area (Å²) in [4.78, 5) is 24.0. The lowest BCUT2D eigenvalue weighted by molar-refractivity contribution is -0.139. The van der Waals surface area contributed by atoms with Crippen LogP contribution in [-0.2, 0) is 16.1 Å². The van der Waals surface area contributed by atoms with Crippen LogP contribution in [-0.4, -0.2) is 30.6 Å². The van der Waals surface area contributed by atoms with Gasteiger partial charge in [0.2, 0.25) is 0 Å². The van der Waals surface area contributed by atoms with Crippen molar-refractivity contribution < 1.29 is 19.4 Å². The van der Waals surface area contributed by atoms with Crippen LogP contribution in [0.3, 0.4) is 0 Å². The molecule has 0 aromatic heterocycles. The molecule has 0 aliphatic rings. The van der Waals surface area contributed by atoms with Gasteiger partial charge in [-0.3, -0.25) is 9.59 Å². The summed E-state index contributed by atoms with van der Waals surface area (Å²) in [5.74, 6) is -0.813. The van der Waals surface area contributed by atoms with Crippen molar-refractivity contribution in [1.29, 1.82) is 0 Å². The zero-order valence-corrected chi connectivity index (χ0v) is 16.2. The van der Waals surface area contributed by atoms with Crippen LogP contribution in [0.1, 0.15) is 23.7 Å². The van der Waals surface area contributed by atoms with Gasteiger partial charge in [0.1, 0.15) is 5.75 Å². The highest BCUT2D eigenvalue weighted by atomic mass is 16.5. The topological polar surface area (TPSA) is 87.7 Å². The predicted molar refractivity (Wildman–Crippen MR) is 111 cm³/mol. The quantitative estimate of drug-likeness (QED) is 0.540. The fourth-order valence-electron chi connectivity index (χ4n) is 3.20. The van der Waals surface area contributed by atoms with Crippen LogP contribution in [0.25, 0.3) is 10.8 Å². The van der Waals surface area contributed by atoms with E-state index in [4.69, 9.17) is 4.74 Å². The highest BCUT2D eigenvalue weighted by Gasteiger charge is 2.15. The maximum atomic E-state index is 12.0. The van der Waals surface area contributed by atoms with Gasteiger partial charge >= 0.3 is 11.8 Å². The molecule has 6 nitrogen and oxygen atoms in total. The van der Waals surface area contributed by atoms with E-state index in [1.165, 1.54) is 0 Å². The van der Waals surface area contributed by atoms with E-state index in [2.05, 4.69) is 10.6 Å². The van der Waals surface area contributed by atoms with Crippen LogP contribution >= 0.6 is 0 Å². The van der Waals surface area contributed by atoms with Crippen LogP contribution in [0.2, 0.25) is 0 Å². The largest absolute Gasteiger partial charge is 0.496 e. The van der Waals surface area contributed by atoms with Crippen molar-refractivity contribution in [2.75, 3.05) is 13.7 Å². The lowest BCUT2D eigenvalue weighted by Crippen LogP contribution is -2.40. The Balaban J connectivity index is 1.49. The monoisotopic (exact) mass is 392 g/mol. The van der Waals surface area contributed by atoms with Crippen molar-refractivity contribution in [1.82, 2.24) is 10.6 Å². The first kappa shape index (κ1) is 20.4. The number of aliphatic hydroxyl groups is 1. The number of carbonyl (C=O) groups is 2. The molecule has 0 heterocycles. The van der Waals surface area contributed by atoms with E-state index < -0.39 is 17.9 Å². The van der Waals surface area contributed by atoms with Gasteiger partial charge in [0.15, 0.2) is 0 Å². The molecule has 29 heavy (non-hydrogen) atoms. The van der Waals surface area contributed by atoms with Crippen LogP contribution in [0.5, 0.6) is 5.75 Å². The molecule has 150 valence electrons. The molecule has 3 N–H and O–H groups in total. The molecule has 0 bridgehead atoms. The maximum absolute atomic E-state index is 12.0. The lowest BCUT2D eigenvalue weighted by Gasteiger charge is -2.14. The van der Waals surface area contributed by atoms with Gasteiger partial charge in [0.05, 0.1) is 13.2 Å². The SMILES string of the molecule is COc1ccccc1CNC(=O)C(=O)NCC[C@@H](O)c1cccc2ccccc12. The molecule has 0 spiro atoms. The predicted octanol–water partition coefficient (Wildman–Crippen LogP) is 2.70. The summed E-state index contributed by atoms with van der Waals surface area (Å²) in [5.41, 5.74) is 1.58. The zero-order chi connectivity index (χ0) is 20.6. The van der Waals surface area contributed by atoms with Crippen LogP contribution in [0, 0.1) is 0 Å². The first-order valence-corrected chi connectivity index (χ1v) is 9.44. The highest BCUT2D eigenvalue weighted by molar-refractivity contribution is 6.35. The average Bonchev–Trinajstić information content (AvgIpc) is 2.76. The molecule has 6 heteroatoms. The summed E-state index contributed by atoms with van der Waals surface area (Å²) in [6.45, 7) is 0.375. The number of hydrogen-bond donors (Lipinski definition) is 3. The number of methoxy groups -OCH3 is 1. The second kappa shape index (κ2) is 9.71. The van der Waals surface area contributed by atoms with Gasteiger partial charge < -0.3 is 20.5 Å². The summed E-state index contributed by atoms with van der Waals surface area (Å²) >= 11 is 0. The van der Waals surface area contributed by atoms with Gasteiger partial charge in [0, 0.05) is 18.7 Å². The van der Waals surface area contributed by atoms with Crippen molar-refractivity contribution in [2.45, 2.75) is 19.1 Å². The molecule has 0 aliphatic heterocycles. The minimum absolute atomic E-state index is 0.186. The van der Waals surface area contributed by atoms with E-state index in [9.17, 15) is 14.7 Å². The second-order valence-corrected chi connectivity index (χ2v) is 6.62. The lowest BCUT2D eigenvalue weighted by atomic mass is 9.99. The molecule has 2 amide bonds. The summed E-state index contributed by atoms with van der Waals surface area (Å²) in [7, 11) is 1.55. The third-order valence-corrected chi connectivity index (χ3v) is 4.72. The van der Waals surface area contributed by atoms with Crippen molar-refractivity contribution in [3.63, 3.8) is 0 Å². The van der Waals surface area contributed by atoms with Gasteiger partial charge in [-0.2, -0.15) is 0 Å². The molecule has 0 fully saturated rings. The van der Waals surface area contributed by atoms with Crippen LogP contribution < -0.4 is 15.4 Å². The molecule has 3 aromatic rings. The number of carbonyl (C=O) groups excluding carboxylic acids is 2. The number of hydrogen-bond acceptors (Lipinski definition) is 4. The van der Waals surface area contributed by atoms with Crippen molar-refractivity contribution in [2.24, 2.45) is 0 Å². The Hall–Kier alpha value is -3.38. The number of aliphatic hydroxyl groups excluding tert-OH is 1. The Kier molecular flexibility index (Phi) is 6.81. The van der Waals surface area contributed by atoms with E-state index in [0.29, 0.717) is 12.2 Å². The third-order valence-electron chi connectivity index (χ3n) is 4.72. The maximum Gasteiger partial charge on any atom is 0.309 e. The number of fused-ring (bicyclic) bond motifs is 1. The molecule has 1 atom stereocenters. The van der Waals surface area contributed by atoms with Gasteiger partial charge in [0.25, 0.3) is 0 Å². The Morgan fingerprint density at radius 3 is 2.45 bits per heavy atom. The Labute approximate surface area is 169 Å². The molecular formula is C23H24N2O4. The number of para-hydroxylation sites is 1. The summed E-state index contributed by atoms with van der Waals surface area (Å²) in [6.07, 6.45) is -0.433. The number of ether oxygens (including phenoxy) is 1. The Morgan fingerprint density at radius 1 is 0.931 bits per heavy atom. The molecule has 3 aromatic carbocycles. The summed E-state index contributed by atoms with van der Waals surface area (Å²) in [5, 5.41) is 17.7. The normalized spacial score (nSPS) is 11.7. The molecule has 0 aliphatic carbocycles. The number of rotatable bonds is 7. The summed E-state index contributed by atoms with van der Waals surface area (Å²) in [6, 6.07) is 20.8. The zero-order valence-electron chi connectivity index (χ0n) is 16.2. The fraction of sp³-hybridized carbons (Fsp3) is 0.217. The first-order chi connectivity index (χ1) is 14.1. The highest BCUT2D eigenvalue weighted by Crippen LogP contribution is 2.25. The molecule has 3 rings (SSSR count). The van der Waals surface area contributed by atoms with E-state index in [0.717, 1.165) is 21.9 Å². The number of nitrogens with one attached hydrogen (secondary N) is 2. The van der Waals surface area contributed by atoms with Crippen molar-refractivity contribution in [3.05, 3.63) is 77.9 Å². The summed E-state index contributed by atoms with van der Waals surface area (Å²) < 4.78 is 5.22. The fourth-order valence-corrected chi connectivity index (χ4v) is 3.20. The molecular weight excluding hydrogens is 368 g/mol. The minimum atomic E-state index is -0.738. The van der Waals surface area contributed by atoms with Crippen molar-refractivity contribution in [3.8, 4) is 5.75 Å². The third kappa shape index (κ3) is 5.12. The van der Waals surface area contributed by atoms with Gasteiger partial charge in [-0.1, -0.05) is 60.7 Å². The first-order valence-electron chi connectivity index (χ1n) is 9.44. The standard InChI is InChI=1S/C23H24N2O4/c1-29-21-12-5-3-8-17(21)15-25-23(28)22(27)24-14-13-20(26)19-11-6-9-16-7-2-4-10-18(16)19/h2-12,20,26H,13-15H2,1H3,(H,24,27)(H,25,28)/t20-/m1/s1. The van der Waals surface area contributed by atoms with E-state index in [1.807, 2.05) is 60.7 Å². The number of benzene rings is 3. The van der Waals surface area contributed by atoms with E-state index in [-0.39, 0.29) is 13.1 Å².